The summed E-state index contributed by atoms with van der Waals surface area (Å²) < 4.78 is 0. The number of aromatic nitrogens is 1. The smallest absolute Gasteiger partial charge is 0.261 e. The fraction of sp³-hybridized carbons (Fsp3) is 0.0769. The number of hydrogen-bond acceptors (Lipinski definition) is 2. The van der Waals surface area contributed by atoms with Gasteiger partial charge < -0.3 is 10.3 Å². The van der Waals surface area contributed by atoms with Gasteiger partial charge in [-0.1, -0.05) is 23.2 Å². The number of benzene rings is 1. The molecule has 98 valence electrons. The maximum Gasteiger partial charge on any atom is 0.261 e. The van der Waals surface area contributed by atoms with E-state index >= 15 is 0 Å². The SMILES string of the molecule is Cc1cc[nH]c(=O)c1C(=O)Nc1ccc(Cl)cc1Cl. The van der Waals surface area contributed by atoms with Crippen LogP contribution in [0.1, 0.15) is 15.9 Å². The van der Waals surface area contributed by atoms with E-state index in [1.807, 2.05) is 0 Å². The molecule has 0 bridgehead atoms. The van der Waals surface area contributed by atoms with Crippen LogP contribution in [0.25, 0.3) is 0 Å². The summed E-state index contributed by atoms with van der Waals surface area (Å²) in [4.78, 5) is 26.2. The fourth-order valence-corrected chi connectivity index (χ4v) is 2.09. The quantitative estimate of drug-likeness (QED) is 0.894. The molecule has 2 rings (SSSR count). The van der Waals surface area contributed by atoms with Crippen molar-refractivity contribution >= 4 is 34.8 Å². The molecule has 4 nitrogen and oxygen atoms in total. The molecule has 19 heavy (non-hydrogen) atoms. The van der Waals surface area contributed by atoms with Gasteiger partial charge in [-0.3, -0.25) is 9.59 Å². The highest BCUT2D eigenvalue weighted by atomic mass is 35.5. The summed E-state index contributed by atoms with van der Waals surface area (Å²) in [5, 5.41) is 3.37. The highest BCUT2D eigenvalue weighted by Gasteiger charge is 2.14. The Balaban J connectivity index is 2.34. The van der Waals surface area contributed by atoms with E-state index in [4.69, 9.17) is 23.2 Å². The van der Waals surface area contributed by atoms with Crippen molar-refractivity contribution in [1.29, 1.82) is 0 Å². The van der Waals surface area contributed by atoms with Crippen LogP contribution in [0.15, 0.2) is 35.3 Å². The molecule has 0 saturated heterocycles. The summed E-state index contributed by atoms with van der Waals surface area (Å²) in [6, 6.07) is 6.35. The number of H-pyrrole nitrogens is 1. The lowest BCUT2D eigenvalue weighted by Crippen LogP contribution is -2.24. The molecule has 1 amide bonds. The standard InChI is InChI=1S/C13H10Cl2N2O2/c1-7-4-5-16-12(18)11(7)13(19)17-10-3-2-8(14)6-9(10)15/h2-6H,1H3,(H,16,18)(H,17,19). The number of nitrogens with one attached hydrogen (secondary N) is 2. The molecule has 0 unspecified atom stereocenters. The van der Waals surface area contributed by atoms with Gasteiger partial charge in [-0.05, 0) is 36.8 Å². The van der Waals surface area contributed by atoms with E-state index in [2.05, 4.69) is 10.3 Å². The zero-order valence-electron chi connectivity index (χ0n) is 9.96. The summed E-state index contributed by atoms with van der Waals surface area (Å²) in [7, 11) is 0. The predicted octanol–water partition coefficient (Wildman–Crippen LogP) is 3.24. The highest BCUT2D eigenvalue weighted by Crippen LogP contribution is 2.25. The normalized spacial score (nSPS) is 10.3. The minimum absolute atomic E-state index is 0.0634. The highest BCUT2D eigenvalue weighted by molar-refractivity contribution is 6.36. The molecule has 1 heterocycles. The molecule has 2 aromatic rings. The molecular formula is C13H10Cl2N2O2. The van der Waals surface area contributed by atoms with E-state index < -0.39 is 11.5 Å². The van der Waals surface area contributed by atoms with E-state index in [1.54, 1.807) is 25.1 Å². The first-order chi connectivity index (χ1) is 8.99. The first kappa shape index (κ1) is 13.6. The fourth-order valence-electron chi connectivity index (χ4n) is 1.63. The lowest BCUT2D eigenvalue weighted by molar-refractivity contribution is 0.102. The van der Waals surface area contributed by atoms with E-state index in [1.165, 1.54) is 12.3 Å². The maximum absolute atomic E-state index is 12.1. The molecule has 0 fully saturated rings. The van der Waals surface area contributed by atoms with Gasteiger partial charge in [-0.2, -0.15) is 0 Å². The van der Waals surface area contributed by atoms with Gasteiger partial charge in [0.05, 0.1) is 10.7 Å². The summed E-state index contributed by atoms with van der Waals surface area (Å²) >= 11 is 11.7. The number of aromatic amines is 1. The van der Waals surface area contributed by atoms with Crippen molar-refractivity contribution in [2.75, 3.05) is 5.32 Å². The van der Waals surface area contributed by atoms with Gasteiger partial charge in [0.25, 0.3) is 11.5 Å². The van der Waals surface area contributed by atoms with Gasteiger partial charge in [-0.15, -0.1) is 0 Å². The van der Waals surface area contributed by atoms with Crippen LogP contribution >= 0.6 is 23.2 Å². The second kappa shape index (κ2) is 5.47. The number of pyridine rings is 1. The van der Waals surface area contributed by atoms with E-state index in [-0.39, 0.29) is 5.56 Å². The molecule has 0 atom stereocenters. The number of hydrogen-bond donors (Lipinski definition) is 2. The number of aryl methyl sites for hydroxylation is 1. The first-order valence-corrected chi connectivity index (χ1v) is 6.19. The Morgan fingerprint density at radius 1 is 1.26 bits per heavy atom. The van der Waals surface area contributed by atoms with Crippen molar-refractivity contribution < 1.29 is 4.79 Å². The van der Waals surface area contributed by atoms with Gasteiger partial charge in [-0.25, -0.2) is 0 Å². The van der Waals surface area contributed by atoms with Crippen LogP contribution in [0.2, 0.25) is 10.0 Å². The van der Waals surface area contributed by atoms with Crippen LogP contribution in [-0.4, -0.2) is 10.9 Å². The summed E-state index contributed by atoms with van der Waals surface area (Å²) in [6.45, 7) is 1.69. The molecule has 0 aliphatic carbocycles. The van der Waals surface area contributed by atoms with Gasteiger partial charge in [0.15, 0.2) is 0 Å². The number of halogens is 2. The minimum Gasteiger partial charge on any atom is -0.328 e. The lowest BCUT2D eigenvalue weighted by atomic mass is 10.1. The van der Waals surface area contributed by atoms with Gasteiger partial charge in [0.1, 0.15) is 5.56 Å². The molecule has 0 radical (unpaired) electrons. The van der Waals surface area contributed by atoms with Crippen molar-refractivity contribution in [3.05, 3.63) is 62.0 Å². The van der Waals surface area contributed by atoms with Crippen molar-refractivity contribution in [2.45, 2.75) is 6.92 Å². The topological polar surface area (TPSA) is 62.0 Å². The third-order valence-electron chi connectivity index (χ3n) is 2.58. The van der Waals surface area contributed by atoms with Gasteiger partial charge in [0.2, 0.25) is 0 Å². The van der Waals surface area contributed by atoms with Gasteiger partial charge in [0, 0.05) is 11.2 Å². The molecule has 6 heteroatoms. The van der Waals surface area contributed by atoms with Crippen molar-refractivity contribution in [3.8, 4) is 0 Å². The van der Waals surface area contributed by atoms with E-state index in [0.29, 0.717) is 21.3 Å². The lowest BCUT2D eigenvalue weighted by Gasteiger charge is -2.08. The first-order valence-electron chi connectivity index (χ1n) is 5.43. The Morgan fingerprint density at radius 2 is 2.00 bits per heavy atom. The van der Waals surface area contributed by atoms with Crippen LogP contribution in [0.4, 0.5) is 5.69 Å². The predicted molar refractivity (Wildman–Crippen MR) is 76.2 cm³/mol. The average Bonchev–Trinajstić information content (AvgIpc) is 2.32. The molecule has 0 aliphatic rings. The zero-order valence-corrected chi connectivity index (χ0v) is 11.5. The minimum atomic E-state index is -0.511. The van der Waals surface area contributed by atoms with E-state index in [9.17, 15) is 9.59 Å². The van der Waals surface area contributed by atoms with Gasteiger partial charge >= 0.3 is 0 Å². The third kappa shape index (κ3) is 2.97. The Hall–Kier alpha value is -1.78. The van der Waals surface area contributed by atoms with E-state index in [0.717, 1.165) is 0 Å². The molecule has 2 N–H and O–H groups in total. The molecule has 0 spiro atoms. The van der Waals surface area contributed by atoms with Crippen molar-refractivity contribution in [2.24, 2.45) is 0 Å². The number of carbonyl (C=O) groups is 1. The maximum atomic E-state index is 12.1. The van der Waals surface area contributed by atoms with Crippen LogP contribution in [0.5, 0.6) is 0 Å². The molecule has 0 saturated carbocycles. The average molecular weight is 297 g/mol. The summed E-state index contributed by atoms with van der Waals surface area (Å²) in [5.74, 6) is -0.511. The molecule has 0 aliphatic heterocycles. The second-order valence-electron chi connectivity index (χ2n) is 3.94. The Kier molecular flexibility index (Phi) is 3.93. The van der Waals surface area contributed by atoms with Crippen LogP contribution in [0, 0.1) is 6.92 Å². The van der Waals surface area contributed by atoms with Crippen LogP contribution in [-0.2, 0) is 0 Å². The Bertz CT molecular complexity index is 695. The summed E-state index contributed by atoms with van der Waals surface area (Å²) in [5.41, 5.74) is 0.612. The monoisotopic (exact) mass is 296 g/mol. The Morgan fingerprint density at radius 3 is 2.63 bits per heavy atom. The van der Waals surface area contributed by atoms with Crippen molar-refractivity contribution in [1.82, 2.24) is 4.98 Å². The second-order valence-corrected chi connectivity index (χ2v) is 4.79. The number of anilines is 1. The number of amides is 1. The molecule has 1 aromatic carbocycles. The molecule has 1 aromatic heterocycles. The Labute approximate surface area is 119 Å². The molecular weight excluding hydrogens is 287 g/mol. The number of rotatable bonds is 2. The number of carbonyl (C=O) groups excluding carboxylic acids is 1. The summed E-state index contributed by atoms with van der Waals surface area (Å²) in [6.07, 6.45) is 1.49. The zero-order chi connectivity index (χ0) is 14.0. The van der Waals surface area contributed by atoms with Crippen LogP contribution < -0.4 is 10.9 Å². The van der Waals surface area contributed by atoms with Crippen molar-refractivity contribution in [3.63, 3.8) is 0 Å². The third-order valence-corrected chi connectivity index (χ3v) is 3.12. The van der Waals surface area contributed by atoms with Crippen LogP contribution in [0.3, 0.4) is 0 Å². The largest absolute Gasteiger partial charge is 0.328 e.